The summed E-state index contributed by atoms with van der Waals surface area (Å²) in [7, 11) is 0. The number of hydrogen-bond donors (Lipinski definition) is 1. The summed E-state index contributed by atoms with van der Waals surface area (Å²) in [4.78, 5) is 4.49. The SMILES string of the molecule is CCCNC(C)c1ccc(-n2ccc(C)n2)cn1. The molecule has 0 aromatic carbocycles. The van der Waals surface area contributed by atoms with Crippen LogP contribution in [0.1, 0.15) is 37.7 Å². The molecule has 0 aliphatic carbocycles. The Labute approximate surface area is 108 Å². The van der Waals surface area contributed by atoms with Crippen molar-refractivity contribution in [1.29, 1.82) is 0 Å². The lowest BCUT2D eigenvalue weighted by Crippen LogP contribution is -2.20. The van der Waals surface area contributed by atoms with Crippen LogP contribution in [0.3, 0.4) is 0 Å². The largest absolute Gasteiger partial charge is 0.309 e. The zero-order valence-corrected chi connectivity index (χ0v) is 11.2. The Morgan fingerprint density at radius 2 is 2.17 bits per heavy atom. The van der Waals surface area contributed by atoms with Gasteiger partial charge >= 0.3 is 0 Å². The molecular formula is C14H20N4. The molecule has 0 aliphatic rings. The first-order chi connectivity index (χ1) is 8.70. The number of hydrogen-bond acceptors (Lipinski definition) is 3. The Balaban J connectivity index is 2.10. The van der Waals surface area contributed by atoms with E-state index in [9.17, 15) is 0 Å². The van der Waals surface area contributed by atoms with E-state index in [1.54, 1.807) is 0 Å². The Bertz CT molecular complexity index is 487. The highest BCUT2D eigenvalue weighted by Crippen LogP contribution is 2.12. The average Bonchev–Trinajstić information content (AvgIpc) is 2.83. The van der Waals surface area contributed by atoms with Gasteiger partial charge in [-0.3, -0.25) is 4.98 Å². The molecule has 2 rings (SSSR count). The molecule has 0 saturated carbocycles. The van der Waals surface area contributed by atoms with E-state index in [1.807, 2.05) is 30.1 Å². The summed E-state index contributed by atoms with van der Waals surface area (Å²) < 4.78 is 1.84. The lowest BCUT2D eigenvalue weighted by molar-refractivity contribution is 0.558. The second-order valence-corrected chi connectivity index (χ2v) is 4.52. The highest BCUT2D eigenvalue weighted by atomic mass is 15.3. The molecule has 2 aromatic rings. The fourth-order valence-corrected chi connectivity index (χ4v) is 1.81. The normalized spacial score (nSPS) is 12.6. The van der Waals surface area contributed by atoms with Gasteiger partial charge in [0, 0.05) is 12.2 Å². The van der Waals surface area contributed by atoms with Crippen molar-refractivity contribution in [3.63, 3.8) is 0 Å². The van der Waals surface area contributed by atoms with Gasteiger partial charge in [-0.15, -0.1) is 0 Å². The summed E-state index contributed by atoms with van der Waals surface area (Å²) in [5.74, 6) is 0. The fraction of sp³-hybridized carbons (Fsp3) is 0.429. The van der Waals surface area contributed by atoms with E-state index in [-0.39, 0.29) is 0 Å². The molecule has 0 radical (unpaired) electrons. The molecule has 0 bridgehead atoms. The summed E-state index contributed by atoms with van der Waals surface area (Å²) in [5.41, 5.74) is 3.07. The summed E-state index contributed by atoms with van der Waals surface area (Å²) >= 11 is 0. The fourth-order valence-electron chi connectivity index (χ4n) is 1.81. The molecule has 4 heteroatoms. The second kappa shape index (κ2) is 5.78. The van der Waals surface area contributed by atoms with Gasteiger partial charge < -0.3 is 5.32 Å². The molecule has 1 atom stereocenters. The minimum atomic E-state index is 0.290. The van der Waals surface area contributed by atoms with Crippen LogP contribution in [0.2, 0.25) is 0 Å². The minimum Gasteiger partial charge on any atom is -0.309 e. The van der Waals surface area contributed by atoms with Gasteiger partial charge in [-0.25, -0.2) is 4.68 Å². The number of rotatable bonds is 5. The van der Waals surface area contributed by atoms with Crippen LogP contribution in [-0.4, -0.2) is 21.3 Å². The summed E-state index contributed by atoms with van der Waals surface area (Å²) in [5, 5.41) is 7.79. The first-order valence-electron chi connectivity index (χ1n) is 6.42. The van der Waals surface area contributed by atoms with Crippen molar-refractivity contribution in [3.05, 3.63) is 42.0 Å². The van der Waals surface area contributed by atoms with Gasteiger partial charge in [-0.05, 0) is 45.0 Å². The molecule has 0 fully saturated rings. The number of nitrogens with one attached hydrogen (secondary N) is 1. The van der Waals surface area contributed by atoms with E-state index >= 15 is 0 Å². The third-order valence-electron chi connectivity index (χ3n) is 2.90. The number of pyridine rings is 1. The third kappa shape index (κ3) is 2.96. The van der Waals surface area contributed by atoms with Crippen molar-refractivity contribution >= 4 is 0 Å². The van der Waals surface area contributed by atoms with Crippen LogP contribution in [0.5, 0.6) is 0 Å². The number of aromatic nitrogens is 3. The lowest BCUT2D eigenvalue weighted by atomic mass is 10.2. The number of nitrogens with zero attached hydrogens (tertiary/aromatic N) is 3. The molecule has 96 valence electrons. The van der Waals surface area contributed by atoms with Crippen LogP contribution in [0.15, 0.2) is 30.6 Å². The zero-order valence-electron chi connectivity index (χ0n) is 11.2. The maximum Gasteiger partial charge on any atom is 0.0829 e. The van der Waals surface area contributed by atoms with Crippen molar-refractivity contribution in [1.82, 2.24) is 20.1 Å². The lowest BCUT2D eigenvalue weighted by Gasteiger charge is -2.12. The maximum absolute atomic E-state index is 4.49. The first kappa shape index (κ1) is 12.8. The average molecular weight is 244 g/mol. The molecule has 2 aromatic heterocycles. The van der Waals surface area contributed by atoms with Crippen molar-refractivity contribution in [3.8, 4) is 5.69 Å². The van der Waals surface area contributed by atoms with Gasteiger partial charge in [0.2, 0.25) is 0 Å². The Morgan fingerprint density at radius 1 is 1.33 bits per heavy atom. The summed E-state index contributed by atoms with van der Waals surface area (Å²) in [6.07, 6.45) is 4.95. The van der Waals surface area contributed by atoms with E-state index < -0.39 is 0 Å². The van der Waals surface area contributed by atoms with Gasteiger partial charge in [0.15, 0.2) is 0 Å². The van der Waals surface area contributed by atoms with Crippen molar-refractivity contribution in [2.24, 2.45) is 0 Å². The van der Waals surface area contributed by atoms with Crippen LogP contribution >= 0.6 is 0 Å². The topological polar surface area (TPSA) is 42.7 Å². The maximum atomic E-state index is 4.49. The Morgan fingerprint density at radius 3 is 2.72 bits per heavy atom. The van der Waals surface area contributed by atoms with Crippen LogP contribution in [-0.2, 0) is 0 Å². The molecule has 18 heavy (non-hydrogen) atoms. The predicted octanol–water partition coefficient (Wildman–Crippen LogP) is 2.64. The molecule has 0 aliphatic heterocycles. The van der Waals surface area contributed by atoms with Gasteiger partial charge in [-0.1, -0.05) is 6.92 Å². The predicted molar refractivity (Wildman–Crippen MR) is 72.8 cm³/mol. The van der Waals surface area contributed by atoms with Crippen LogP contribution in [0, 0.1) is 6.92 Å². The van der Waals surface area contributed by atoms with Gasteiger partial charge in [0.05, 0.1) is 23.3 Å². The van der Waals surface area contributed by atoms with Crippen LogP contribution in [0.4, 0.5) is 0 Å². The van der Waals surface area contributed by atoms with E-state index in [2.05, 4.69) is 41.4 Å². The van der Waals surface area contributed by atoms with Gasteiger partial charge in [0.1, 0.15) is 0 Å². The third-order valence-corrected chi connectivity index (χ3v) is 2.90. The highest BCUT2D eigenvalue weighted by molar-refractivity contribution is 5.29. The van der Waals surface area contributed by atoms with Crippen molar-refractivity contribution < 1.29 is 0 Å². The molecule has 0 amide bonds. The molecule has 0 saturated heterocycles. The van der Waals surface area contributed by atoms with E-state index in [0.29, 0.717) is 6.04 Å². The minimum absolute atomic E-state index is 0.290. The quantitative estimate of drug-likeness (QED) is 0.879. The molecule has 2 heterocycles. The van der Waals surface area contributed by atoms with Crippen LogP contribution < -0.4 is 5.32 Å². The highest BCUT2D eigenvalue weighted by Gasteiger charge is 2.06. The second-order valence-electron chi connectivity index (χ2n) is 4.52. The van der Waals surface area contributed by atoms with Crippen LogP contribution in [0.25, 0.3) is 5.69 Å². The van der Waals surface area contributed by atoms with E-state index in [0.717, 1.165) is 30.0 Å². The number of aryl methyl sites for hydroxylation is 1. The van der Waals surface area contributed by atoms with Gasteiger partial charge in [-0.2, -0.15) is 5.10 Å². The monoisotopic (exact) mass is 244 g/mol. The molecule has 4 nitrogen and oxygen atoms in total. The Kier molecular flexibility index (Phi) is 4.10. The smallest absolute Gasteiger partial charge is 0.0829 e. The summed E-state index contributed by atoms with van der Waals surface area (Å²) in [6.45, 7) is 7.30. The standard InChI is InChI=1S/C14H20N4/c1-4-8-15-12(3)14-6-5-13(10-16-14)18-9-7-11(2)17-18/h5-7,9-10,12,15H,4,8H2,1-3H3. The molecular weight excluding hydrogens is 224 g/mol. The van der Waals surface area contributed by atoms with Crippen molar-refractivity contribution in [2.75, 3.05) is 6.54 Å². The van der Waals surface area contributed by atoms with E-state index in [4.69, 9.17) is 0 Å². The summed E-state index contributed by atoms with van der Waals surface area (Å²) in [6, 6.07) is 6.39. The van der Waals surface area contributed by atoms with Crippen molar-refractivity contribution in [2.45, 2.75) is 33.2 Å². The molecule has 0 spiro atoms. The molecule has 1 N–H and O–H groups in total. The first-order valence-corrected chi connectivity index (χ1v) is 6.42. The Hall–Kier alpha value is -1.68. The zero-order chi connectivity index (χ0) is 13.0. The van der Waals surface area contributed by atoms with E-state index in [1.165, 1.54) is 0 Å². The van der Waals surface area contributed by atoms with Gasteiger partial charge in [0.25, 0.3) is 0 Å². The molecule has 1 unspecified atom stereocenters.